The van der Waals surface area contributed by atoms with E-state index in [-0.39, 0.29) is 18.2 Å². The molecule has 0 aliphatic carbocycles. The van der Waals surface area contributed by atoms with Crippen LogP contribution in [0.5, 0.6) is 0 Å². The van der Waals surface area contributed by atoms with Crippen LogP contribution < -0.4 is 0 Å². The minimum atomic E-state index is -3.25. The molecule has 4 nitrogen and oxygen atoms in total. The molecule has 0 radical (unpaired) electrons. The molecular weight excluding hydrogens is 346 g/mol. The number of rotatable bonds is 4. The number of aryl methyl sites for hydroxylation is 2. The third kappa shape index (κ3) is 4.52. The van der Waals surface area contributed by atoms with Gasteiger partial charge >= 0.3 is 0 Å². The number of hydrogen-bond acceptors (Lipinski definition) is 3. The average molecular weight is 372 g/mol. The summed E-state index contributed by atoms with van der Waals surface area (Å²) in [5, 5.41) is -0.515. The summed E-state index contributed by atoms with van der Waals surface area (Å²) in [6.45, 7) is 2.82. The first-order chi connectivity index (χ1) is 12.5. The van der Waals surface area contributed by atoms with E-state index < -0.39 is 15.1 Å². The van der Waals surface area contributed by atoms with Crippen LogP contribution >= 0.6 is 0 Å². The predicted molar refractivity (Wildman–Crippen MR) is 104 cm³/mol. The van der Waals surface area contributed by atoms with Gasteiger partial charge in [-0.05, 0) is 30.9 Å². The molecule has 0 N–H and O–H groups in total. The fourth-order valence-corrected chi connectivity index (χ4v) is 5.31. The largest absolute Gasteiger partial charge is 0.342 e. The Kier molecular flexibility index (Phi) is 5.77. The lowest BCUT2D eigenvalue weighted by atomic mass is 10.1. The van der Waals surface area contributed by atoms with E-state index in [1.165, 1.54) is 5.56 Å². The average Bonchev–Trinajstić information content (AvgIpc) is 2.78. The molecule has 1 aliphatic rings. The summed E-state index contributed by atoms with van der Waals surface area (Å²) >= 11 is 0. The van der Waals surface area contributed by atoms with Gasteiger partial charge in [-0.15, -0.1) is 0 Å². The molecule has 1 amide bonds. The van der Waals surface area contributed by atoms with E-state index in [9.17, 15) is 13.2 Å². The van der Waals surface area contributed by atoms with Gasteiger partial charge in [0.2, 0.25) is 5.91 Å². The molecule has 1 unspecified atom stereocenters. The molecule has 26 heavy (non-hydrogen) atoms. The standard InChI is InChI=1S/C21H25NO3S/c1-17-6-5-7-18(16-17)10-11-21(23)22-13-12-20(26(24,25)15-14-22)19-8-3-2-4-9-19/h2-9,16,20H,10-15H2,1H3. The Bertz CT molecular complexity index is 862. The van der Waals surface area contributed by atoms with Crippen LogP contribution in [-0.2, 0) is 21.1 Å². The van der Waals surface area contributed by atoms with E-state index >= 15 is 0 Å². The first-order valence-corrected chi connectivity index (χ1v) is 10.8. The van der Waals surface area contributed by atoms with Crippen LogP contribution in [0.15, 0.2) is 54.6 Å². The molecule has 2 aromatic carbocycles. The molecule has 0 spiro atoms. The quantitative estimate of drug-likeness (QED) is 0.828. The van der Waals surface area contributed by atoms with E-state index in [4.69, 9.17) is 0 Å². The Labute approximate surface area is 155 Å². The number of benzene rings is 2. The van der Waals surface area contributed by atoms with Crippen molar-refractivity contribution in [2.45, 2.75) is 31.4 Å². The lowest BCUT2D eigenvalue weighted by Crippen LogP contribution is -2.33. The van der Waals surface area contributed by atoms with Gasteiger partial charge in [0.1, 0.15) is 0 Å². The van der Waals surface area contributed by atoms with Crippen molar-refractivity contribution >= 4 is 15.7 Å². The summed E-state index contributed by atoms with van der Waals surface area (Å²) in [7, 11) is -3.25. The van der Waals surface area contributed by atoms with Crippen LogP contribution in [0.3, 0.4) is 0 Å². The Morgan fingerprint density at radius 3 is 2.58 bits per heavy atom. The van der Waals surface area contributed by atoms with Gasteiger partial charge in [-0.2, -0.15) is 0 Å². The summed E-state index contributed by atoms with van der Waals surface area (Å²) in [4.78, 5) is 14.3. The van der Waals surface area contributed by atoms with Gasteiger partial charge < -0.3 is 4.90 Å². The maximum Gasteiger partial charge on any atom is 0.222 e. The molecule has 0 aromatic heterocycles. The summed E-state index contributed by atoms with van der Waals surface area (Å²) < 4.78 is 25.3. The molecule has 1 saturated heterocycles. The van der Waals surface area contributed by atoms with Crippen molar-refractivity contribution < 1.29 is 13.2 Å². The number of carbonyl (C=O) groups is 1. The van der Waals surface area contributed by atoms with Crippen LogP contribution in [-0.4, -0.2) is 38.1 Å². The van der Waals surface area contributed by atoms with Gasteiger partial charge in [-0.25, -0.2) is 8.42 Å². The van der Waals surface area contributed by atoms with Crippen molar-refractivity contribution in [1.82, 2.24) is 4.90 Å². The summed E-state index contributed by atoms with van der Waals surface area (Å²) in [5.41, 5.74) is 3.14. The highest BCUT2D eigenvalue weighted by atomic mass is 32.2. The molecule has 2 aromatic rings. The Morgan fingerprint density at radius 2 is 1.85 bits per heavy atom. The highest BCUT2D eigenvalue weighted by Gasteiger charge is 2.32. The Morgan fingerprint density at radius 1 is 1.08 bits per heavy atom. The van der Waals surface area contributed by atoms with Crippen molar-refractivity contribution in [3.8, 4) is 0 Å². The van der Waals surface area contributed by atoms with Crippen molar-refractivity contribution in [2.24, 2.45) is 0 Å². The van der Waals surface area contributed by atoms with Gasteiger partial charge in [0.25, 0.3) is 0 Å². The third-order valence-electron chi connectivity index (χ3n) is 4.97. The van der Waals surface area contributed by atoms with Gasteiger partial charge in [0.15, 0.2) is 9.84 Å². The van der Waals surface area contributed by atoms with E-state index in [1.807, 2.05) is 55.5 Å². The van der Waals surface area contributed by atoms with E-state index in [0.717, 1.165) is 11.1 Å². The molecule has 0 bridgehead atoms. The molecule has 1 fully saturated rings. The van der Waals surface area contributed by atoms with Crippen LogP contribution in [0.4, 0.5) is 0 Å². The first kappa shape index (κ1) is 18.6. The predicted octanol–water partition coefficient (Wildman–Crippen LogP) is 3.32. The van der Waals surface area contributed by atoms with Crippen LogP contribution in [0.1, 0.15) is 34.8 Å². The van der Waals surface area contributed by atoms with E-state index in [0.29, 0.717) is 25.8 Å². The molecule has 1 aliphatic heterocycles. The highest BCUT2D eigenvalue weighted by molar-refractivity contribution is 7.91. The summed E-state index contributed by atoms with van der Waals surface area (Å²) in [6, 6.07) is 17.5. The fraction of sp³-hybridized carbons (Fsp3) is 0.381. The molecule has 1 heterocycles. The Balaban J connectivity index is 1.64. The number of hydrogen-bond donors (Lipinski definition) is 0. The molecule has 138 valence electrons. The highest BCUT2D eigenvalue weighted by Crippen LogP contribution is 2.29. The zero-order valence-corrected chi connectivity index (χ0v) is 15.9. The number of carbonyl (C=O) groups excluding carboxylic acids is 1. The molecule has 0 saturated carbocycles. The molecular formula is C21H25NO3S. The molecule has 1 atom stereocenters. The smallest absolute Gasteiger partial charge is 0.222 e. The van der Waals surface area contributed by atoms with E-state index in [2.05, 4.69) is 6.07 Å². The maximum atomic E-state index is 12.6. The zero-order chi connectivity index (χ0) is 18.6. The number of amides is 1. The van der Waals surface area contributed by atoms with Crippen LogP contribution in [0.25, 0.3) is 0 Å². The number of sulfone groups is 1. The van der Waals surface area contributed by atoms with E-state index in [1.54, 1.807) is 4.90 Å². The second-order valence-electron chi connectivity index (χ2n) is 6.92. The van der Waals surface area contributed by atoms with Gasteiger partial charge in [-0.3, -0.25) is 4.79 Å². The lowest BCUT2D eigenvalue weighted by molar-refractivity contribution is -0.130. The second kappa shape index (κ2) is 8.04. The van der Waals surface area contributed by atoms with Crippen molar-refractivity contribution in [2.75, 3.05) is 18.8 Å². The summed E-state index contributed by atoms with van der Waals surface area (Å²) in [5.74, 6) is 0.0679. The minimum Gasteiger partial charge on any atom is -0.342 e. The normalized spacial score (nSPS) is 19.7. The van der Waals surface area contributed by atoms with Crippen molar-refractivity contribution in [1.29, 1.82) is 0 Å². The maximum absolute atomic E-state index is 12.6. The van der Waals surface area contributed by atoms with Crippen molar-refractivity contribution in [3.63, 3.8) is 0 Å². The first-order valence-electron chi connectivity index (χ1n) is 9.05. The molecule has 5 heteroatoms. The zero-order valence-electron chi connectivity index (χ0n) is 15.1. The lowest BCUT2D eigenvalue weighted by Gasteiger charge is -2.20. The van der Waals surface area contributed by atoms with Crippen molar-refractivity contribution in [3.05, 3.63) is 71.3 Å². The monoisotopic (exact) mass is 371 g/mol. The SMILES string of the molecule is Cc1cccc(CCC(=O)N2CCC(c3ccccc3)S(=O)(=O)CC2)c1. The van der Waals surface area contributed by atoms with Gasteiger partial charge in [-0.1, -0.05) is 60.2 Å². The van der Waals surface area contributed by atoms with Gasteiger partial charge in [0, 0.05) is 19.5 Å². The minimum absolute atomic E-state index is 0.0305. The topological polar surface area (TPSA) is 54.5 Å². The summed E-state index contributed by atoms with van der Waals surface area (Å²) in [6.07, 6.45) is 1.56. The van der Waals surface area contributed by atoms with Crippen LogP contribution in [0, 0.1) is 6.92 Å². The Hall–Kier alpha value is -2.14. The molecule has 3 rings (SSSR count). The van der Waals surface area contributed by atoms with Gasteiger partial charge in [0.05, 0.1) is 11.0 Å². The number of nitrogens with zero attached hydrogens (tertiary/aromatic N) is 1. The van der Waals surface area contributed by atoms with Crippen LogP contribution in [0.2, 0.25) is 0 Å². The third-order valence-corrected chi connectivity index (χ3v) is 7.10. The fourth-order valence-electron chi connectivity index (χ4n) is 3.51. The second-order valence-corrected chi connectivity index (χ2v) is 9.23.